The van der Waals surface area contributed by atoms with Gasteiger partial charge in [-0.25, -0.2) is 0 Å². The van der Waals surface area contributed by atoms with Crippen LogP contribution in [0.3, 0.4) is 0 Å². The van der Waals surface area contributed by atoms with E-state index in [4.69, 9.17) is 11.6 Å². The molecule has 0 aromatic heterocycles. The van der Waals surface area contributed by atoms with Gasteiger partial charge in [-0.15, -0.1) is 0 Å². The summed E-state index contributed by atoms with van der Waals surface area (Å²) in [6.07, 6.45) is 7.99. The van der Waals surface area contributed by atoms with Crippen molar-refractivity contribution < 1.29 is 0 Å². The highest BCUT2D eigenvalue weighted by Gasteiger charge is 1.99. The molecular formula is C7H8Cl. The predicted octanol–water partition coefficient (Wildman–Crippen LogP) is 2.51. The number of halogens is 1. The number of hydrogen-bond acceptors (Lipinski definition) is 0. The zero-order valence-corrected chi connectivity index (χ0v) is 5.57. The molecule has 1 heteroatoms. The molecule has 0 bridgehead atoms. The molecule has 8 heavy (non-hydrogen) atoms. The van der Waals surface area contributed by atoms with Crippen LogP contribution in [0.15, 0.2) is 17.2 Å². The molecule has 0 heterocycles. The molecule has 1 unspecified atom stereocenters. The minimum Gasteiger partial charge on any atom is -0.0847 e. The van der Waals surface area contributed by atoms with Crippen LogP contribution in [-0.4, -0.2) is 0 Å². The van der Waals surface area contributed by atoms with E-state index in [-0.39, 0.29) is 0 Å². The van der Waals surface area contributed by atoms with E-state index in [1.165, 1.54) is 0 Å². The average molecular weight is 128 g/mol. The third-order valence-corrected chi connectivity index (χ3v) is 1.44. The first kappa shape index (κ1) is 5.90. The molecule has 0 spiro atoms. The summed E-state index contributed by atoms with van der Waals surface area (Å²) in [5.41, 5.74) is 0. The molecule has 1 aliphatic rings. The fraction of sp³-hybridized carbons (Fsp3) is 0.429. The second-order valence-corrected chi connectivity index (χ2v) is 2.47. The maximum Gasteiger partial charge on any atom is 0.0369 e. The van der Waals surface area contributed by atoms with Crippen LogP contribution in [0.1, 0.15) is 13.3 Å². The van der Waals surface area contributed by atoms with Gasteiger partial charge in [-0.1, -0.05) is 24.6 Å². The Hall–Kier alpha value is -0.230. The van der Waals surface area contributed by atoms with Gasteiger partial charge in [0, 0.05) is 5.03 Å². The first-order valence-corrected chi connectivity index (χ1v) is 3.12. The largest absolute Gasteiger partial charge is 0.0847 e. The smallest absolute Gasteiger partial charge is 0.0369 e. The molecule has 0 amide bonds. The summed E-state index contributed by atoms with van der Waals surface area (Å²) in [5.74, 6) is 0.553. The lowest BCUT2D eigenvalue weighted by Crippen LogP contribution is -1.91. The molecular weight excluding hydrogens is 120 g/mol. The zero-order valence-electron chi connectivity index (χ0n) is 4.82. The number of rotatable bonds is 0. The first-order valence-electron chi connectivity index (χ1n) is 2.74. The van der Waals surface area contributed by atoms with Gasteiger partial charge in [0.25, 0.3) is 0 Å². The van der Waals surface area contributed by atoms with Gasteiger partial charge in [-0.2, -0.15) is 0 Å². The average Bonchev–Trinajstić information content (AvgIpc) is 1.77. The summed E-state index contributed by atoms with van der Waals surface area (Å²) in [5, 5.41) is 0.822. The van der Waals surface area contributed by atoms with Gasteiger partial charge < -0.3 is 0 Å². The van der Waals surface area contributed by atoms with Crippen LogP contribution in [0, 0.1) is 12.0 Å². The topological polar surface area (TPSA) is 0 Å². The van der Waals surface area contributed by atoms with E-state index in [0.29, 0.717) is 5.92 Å². The summed E-state index contributed by atoms with van der Waals surface area (Å²) in [6.45, 7) is 2.12. The predicted molar refractivity (Wildman–Crippen MR) is 35.5 cm³/mol. The van der Waals surface area contributed by atoms with Crippen LogP contribution < -0.4 is 0 Å². The molecule has 0 fully saturated rings. The van der Waals surface area contributed by atoms with Crippen LogP contribution in [0.2, 0.25) is 0 Å². The van der Waals surface area contributed by atoms with Crippen molar-refractivity contribution in [1.29, 1.82) is 0 Å². The van der Waals surface area contributed by atoms with Crippen LogP contribution in [0.4, 0.5) is 0 Å². The van der Waals surface area contributed by atoms with Crippen molar-refractivity contribution in [3.05, 3.63) is 23.3 Å². The van der Waals surface area contributed by atoms with Crippen molar-refractivity contribution >= 4 is 11.6 Å². The molecule has 0 nitrogen and oxygen atoms in total. The minimum absolute atomic E-state index is 0.553. The van der Waals surface area contributed by atoms with E-state index < -0.39 is 0 Å². The molecule has 1 atom stereocenters. The van der Waals surface area contributed by atoms with Crippen molar-refractivity contribution in [2.45, 2.75) is 13.3 Å². The Labute approximate surface area is 54.8 Å². The molecule has 0 saturated carbocycles. The Bertz CT molecular complexity index is 133. The van der Waals surface area contributed by atoms with Crippen molar-refractivity contribution in [3.63, 3.8) is 0 Å². The minimum atomic E-state index is 0.553. The lowest BCUT2D eigenvalue weighted by molar-refractivity contribution is 0.713. The van der Waals surface area contributed by atoms with Crippen LogP contribution >= 0.6 is 11.6 Å². The maximum absolute atomic E-state index is 5.62. The van der Waals surface area contributed by atoms with Crippen LogP contribution in [-0.2, 0) is 0 Å². The second kappa shape index (κ2) is 2.36. The fourth-order valence-corrected chi connectivity index (χ4v) is 0.790. The van der Waals surface area contributed by atoms with Crippen molar-refractivity contribution in [1.82, 2.24) is 0 Å². The van der Waals surface area contributed by atoms with E-state index >= 15 is 0 Å². The van der Waals surface area contributed by atoms with Gasteiger partial charge in [0.05, 0.1) is 0 Å². The molecule has 0 aromatic carbocycles. The number of allylic oxidation sites excluding steroid dienone is 4. The quantitative estimate of drug-likeness (QED) is 0.469. The second-order valence-electron chi connectivity index (χ2n) is 2.04. The molecule has 0 aromatic rings. The van der Waals surface area contributed by atoms with E-state index in [2.05, 4.69) is 13.0 Å². The first-order chi connectivity index (χ1) is 3.79. The number of hydrogen-bond donors (Lipinski definition) is 0. The molecule has 0 saturated heterocycles. The Balaban J connectivity index is 2.58. The van der Waals surface area contributed by atoms with Gasteiger partial charge in [-0.3, -0.25) is 0 Å². The monoisotopic (exact) mass is 127 g/mol. The summed E-state index contributed by atoms with van der Waals surface area (Å²) in [6, 6.07) is 0. The lowest BCUT2D eigenvalue weighted by atomic mass is 10.0. The Morgan fingerprint density at radius 2 is 2.62 bits per heavy atom. The van der Waals surface area contributed by atoms with E-state index in [0.717, 1.165) is 11.5 Å². The summed E-state index contributed by atoms with van der Waals surface area (Å²) in [7, 11) is 0. The third kappa shape index (κ3) is 1.38. The maximum atomic E-state index is 5.62. The Kier molecular flexibility index (Phi) is 1.74. The summed E-state index contributed by atoms with van der Waals surface area (Å²) < 4.78 is 0. The van der Waals surface area contributed by atoms with Crippen LogP contribution in [0.5, 0.6) is 0 Å². The van der Waals surface area contributed by atoms with Crippen molar-refractivity contribution in [2.75, 3.05) is 0 Å². The van der Waals surface area contributed by atoms with Gasteiger partial charge in [0.1, 0.15) is 0 Å². The lowest BCUT2D eigenvalue weighted by Gasteiger charge is -2.04. The van der Waals surface area contributed by atoms with E-state index in [9.17, 15) is 0 Å². The highest BCUT2D eigenvalue weighted by molar-refractivity contribution is 6.31. The standard InChI is InChI=1S/C7H8Cl/c1-6-2-4-7(8)5-3-6/h4-6H,2H2,1H3. The molecule has 1 aliphatic carbocycles. The third-order valence-electron chi connectivity index (χ3n) is 1.17. The normalized spacial score (nSPS) is 27.8. The molecule has 0 N–H and O–H groups in total. The Morgan fingerprint density at radius 3 is 3.00 bits per heavy atom. The summed E-state index contributed by atoms with van der Waals surface area (Å²) in [4.78, 5) is 0. The molecule has 43 valence electrons. The van der Waals surface area contributed by atoms with Crippen molar-refractivity contribution in [2.24, 2.45) is 5.92 Å². The highest BCUT2D eigenvalue weighted by Crippen LogP contribution is 2.16. The Morgan fingerprint density at radius 1 is 1.88 bits per heavy atom. The van der Waals surface area contributed by atoms with Gasteiger partial charge >= 0.3 is 0 Å². The van der Waals surface area contributed by atoms with Crippen LogP contribution in [0.25, 0.3) is 0 Å². The molecule has 1 rings (SSSR count). The van der Waals surface area contributed by atoms with Gasteiger partial charge in [0.2, 0.25) is 0 Å². The highest BCUT2D eigenvalue weighted by atomic mass is 35.5. The van der Waals surface area contributed by atoms with E-state index in [1.54, 1.807) is 0 Å². The summed E-state index contributed by atoms with van der Waals surface area (Å²) >= 11 is 5.62. The zero-order chi connectivity index (χ0) is 5.98. The molecule has 1 radical (unpaired) electrons. The van der Waals surface area contributed by atoms with Gasteiger partial charge in [-0.05, 0) is 24.5 Å². The van der Waals surface area contributed by atoms with Crippen molar-refractivity contribution in [3.8, 4) is 0 Å². The fourth-order valence-electron chi connectivity index (χ4n) is 0.638. The van der Waals surface area contributed by atoms with E-state index in [1.807, 2.05) is 12.2 Å². The molecule has 0 aliphatic heterocycles. The SMILES string of the molecule is CC1[C]=CC(Cl)=CC1. The van der Waals surface area contributed by atoms with Gasteiger partial charge in [0.15, 0.2) is 0 Å².